The van der Waals surface area contributed by atoms with Crippen LogP contribution in [0, 0.1) is 11.3 Å². The molecule has 3 rings (SSSR count). The van der Waals surface area contributed by atoms with E-state index in [1.807, 2.05) is 24.3 Å². The van der Waals surface area contributed by atoms with Gasteiger partial charge < -0.3 is 4.90 Å². The zero-order valence-corrected chi connectivity index (χ0v) is 12.8. The first-order valence-electron chi connectivity index (χ1n) is 7.30. The molecule has 0 atom stereocenters. The fraction of sp³-hybridized carbons (Fsp3) is 0.222. The molecule has 0 saturated heterocycles. The molecule has 2 aromatic rings. The van der Waals surface area contributed by atoms with Crippen LogP contribution in [0.5, 0.6) is 0 Å². The smallest absolute Gasteiger partial charge is 0.259 e. The summed E-state index contributed by atoms with van der Waals surface area (Å²) in [5, 5.41) is 9.23. The molecule has 4 heteroatoms. The maximum absolute atomic E-state index is 12.9. The summed E-state index contributed by atoms with van der Waals surface area (Å²) < 4.78 is 0. The topological polar surface area (TPSA) is 44.1 Å². The number of rotatable bonds is 1. The standard InChI is InChI=1S/C18H15ClN2O/c19-16-11-13(12-20)8-9-15(16)18(22)21-10-4-3-6-14-5-1-2-7-17(14)21/h1-2,5,7-9,11H,3-4,6,10H2. The Morgan fingerprint density at radius 2 is 2.00 bits per heavy atom. The number of carbonyl (C=O) groups is 1. The van der Waals surface area contributed by atoms with Crippen molar-refractivity contribution in [2.45, 2.75) is 19.3 Å². The Morgan fingerprint density at radius 1 is 1.18 bits per heavy atom. The van der Waals surface area contributed by atoms with E-state index in [9.17, 15) is 4.79 Å². The maximum atomic E-state index is 12.9. The molecule has 1 aliphatic rings. The predicted octanol–water partition coefficient (Wildman–Crippen LogP) is 4.19. The van der Waals surface area contributed by atoms with E-state index in [0.29, 0.717) is 22.7 Å². The molecule has 0 spiro atoms. The van der Waals surface area contributed by atoms with Crippen LogP contribution in [0.3, 0.4) is 0 Å². The van der Waals surface area contributed by atoms with Crippen LogP contribution in [-0.4, -0.2) is 12.5 Å². The Hall–Kier alpha value is -2.31. The van der Waals surface area contributed by atoms with Crippen molar-refractivity contribution in [3.63, 3.8) is 0 Å². The molecule has 2 aromatic carbocycles. The van der Waals surface area contributed by atoms with E-state index < -0.39 is 0 Å². The van der Waals surface area contributed by atoms with Crippen LogP contribution in [0.4, 0.5) is 5.69 Å². The van der Waals surface area contributed by atoms with Gasteiger partial charge in [-0.15, -0.1) is 0 Å². The fourth-order valence-corrected chi connectivity index (χ4v) is 3.07. The highest BCUT2D eigenvalue weighted by molar-refractivity contribution is 6.34. The Morgan fingerprint density at radius 3 is 2.77 bits per heavy atom. The van der Waals surface area contributed by atoms with Gasteiger partial charge in [0.1, 0.15) is 0 Å². The summed E-state index contributed by atoms with van der Waals surface area (Å²) in [5.41, 5.74) is 3.05. The lowest BCUT2D eigenvalue weighted by molar-refractivity contribution is 0.0987. The maximum Gasteiger partial charge on any atom is 0.259 e. The zero-order chi connectivity index (χ0) is 15.5. The number of para-hydroxylation sites is 1. The predicted molar refractivity (Wildman–Crippen MR) is 87.2 cm³/mol. The summed E-state index contributed by atoms with van der Waals surface area (Å²) in [7, 11) is 0. The van der Waals surface area contributed by atoms with Crippen molar-refractivity contribution in [1.82, 2.24) is 0 Å². The van der Waals surface area contributed by atoms with Gasteiger partial charge in [0.2, 0.25) is 0 Å². The summed E-state index contributed by atoms with van der Waals surface area (Å²) in [6.07, 6.45) is 3.03. The third-order valence-electron chi connectivity index (χ3n) is 3.93. The van der Waals surface area contributed by atoms with Gasteiger partial charge in [0.15, 0.2) is 0 Å². The second-order valence-electron chi connectivity index (χ2n) is 5.35. The molecule has 0 aliphatic carbocycles. The van der Waals surface area contributed by atoms with Gasteiger partial charge in [0, 0.05) is 12.2 Å². The van der Waals surface area contributed by atoms with Gasteiger partial charge in [-0.05, 0) is 49.1 Å². The van der Waals surface area contributed by atoms with Gasteiger partial charge in [0.05, 0.1) is 22.2 Å². The Bertz CT molecular complexity index is 764. The zero-order valence-electron chi connectivity index (χ0n) is 12.1. The van der Waals surface area contributed by atoms with Crippen molar-refractivity contribution in [2.24, 2.45) is 0 Å². The highest BCUT2D eigenvalue weighted by atomic mass is 35.5. The number of nitriles is 1. The number of amides is 1. The van der Waals surface area contributed by atoms with Crippen molar-refractivity contribution in [1.29, 1.82) is 5.26 Å². The van der Waals surface area contributed by atoms with Crippen LogP contribution in [0.15, 0.2) is 42.5 Å². The highest BCUT2D eigenvalue weighted by Gasteiger charge is 2.23. The molecule has 1 amide bonds. The number of hydrogen-bond donors (Lipinski definition) is 0. The summed E-state index contributed by atoms with van der Waals surface area (Å²) in [6, 6.07) is 14.8. The fourth-order valence-electron chi connectivity index (χ4n) is 2.81. The van der Waals surface area contributed by atoms with Crippen LogP contribution in [0.2, 0.25) is 5.02 Å². The Kier molecular flexibility index (Phi) is 4.13. The second kappa shape index (κ2) is 6.21. The minimum absolute atomic E-state index is 0.108. The number of fused-ring (bicyclic) bond motifs is 1. The molecule has 3 nitrogen and oxygen atoms in total. The van der Waals surface area contributed by atoms with Crippen molar-refractivity contribution < 1.29 is 4.79 Å². The first-order chi connectivity index (χ1) is 10.7. The molecule has 0 unspecified atom stereocenters. The molecule has 0 fully saturated rings. The van der Waals surface area contributed by atoms with Crippen LogP contribution in [-0.2, 0) is 6.42 Å². The number of nitrogens with zero attached hydrogens (tertiary/aromatic N) is 2. The van der Waals surface area contributed by atoms with Crippen molar-refractivity contribution in [3.05, 3.63) is 64.2 Å². The third-order valence-corrected chi connectivity index (χ3v) is 4.25. The van der Waals surface area contributed by atoms with E-state index in [1.165, 1.54) is 5.56 Å². The number of anilines is 1. The van der Waals surface area contributed by atoms with Gasteiger partial charge in [0.25, 0.3) is 5.91 Å². The number of hydrogen-bond acceptors (Lipinski definition) is 2. The molecule has 22 heavy (non-hydrogen) atoms. The third kappa shape index (κ3) is 2.70. The van der Waals surface area contributed by atoms with Crippen LogP contribution in [0.25, 0.3) is 0 Å². The number of halogens is 1. The molecule has 0 bridgehead atoms. The summed E-state index contributed by atoms with van der Waals surface area (Å²) in [6.45, 7) is 0.687. The molecule has 1 heterocycles. The SMILES string of the molecule is N#Cc1ccc(C(=O)N2CCCCc3ccccc32)c(Cl)c1. The first-order valence-corrected chi connectivity index (χ1v) is 7.68. The summed E-state index contributed by atoms with van der Waals surface area (Å²) >= 11 is 6.19. The number of carbonyl (C=O) groups excluding carboxylic acids is 1. The number of aryl methyl sites for hydroxylation is 1. The molecular weight excluding hydrogens is 296 g/mol. The van der Waals surface area contributed by atoms with Gasteiger partial charge in [-0.3, -0.25) is 4.79 Å². The monoisotopic (exact) mass is 310 g/mol. The molecule has 0 aromatic heterocycles. The minimum Gasteiger partial charge on any atom is -0.308 e. The van der Waals surface area contributed by atoms with Crippen molar-refractivity contribution >= 4 is 23.2 Å². The average Bonchev–Trinajstić information content (AvgIpc) is 2.76. The molecular formula is C18H15ClN2O. The van der Waals surface area contributed by atoms with E-state index >= 15 is 0 Å². The van der Waals surface area contributed by atoms with E-state index in [1.54, 1.807) is 23.1 Å². The lowest BCUT2D eigenvalue weighted by Gasteiger charge is -2.23. The molecule has 110 valence electrons. The van der Waals surface area contributed by atoms with Gasteiger partial charge in [-0.25, -0.2) is 0 Å². The van der Waals surface area contributed by atoms with Crippen molar-refractivity contribution in [3.8, 4) is 6.07 Å². The molecule has 0 N–H and O–H groups in total. The van der Waals surface area contributed by atoms with Gasteiger partial charge >= 0.3 is 0 Å². The Balaban J connectivity index is 2.00. The lowest BCUT2D eigenvalue weighted by Crippen LogP contribution is -2.32. The normalized spacial score (nSPS) is 13.9. The first kappa shape index (κ1) is 14.6. The highest BCUT2D eigenvalue weighted by Crippen LogP contribution is 2.29. The largest absolute Gasteiger partial charge is 0.308 e. The van der Waals surface area contributed by atoms with Crippen molar-refractivity contribution in [2.75, 3.05) is 11.4 Å². The molecule has 1 aliphatic heterocycles. The van der Waals surface area contributed by atoms with Gasteiger partial charge in [-0.2, -0.15) is 5.26 Å². The van der Waals surface area contributed by atoms with Crippen LogP contribution >= 0.6 is 11.6 Å². The van der Waals surface area contributed by atoms with E-state index in [2.05, 4.69) is 6.07 Å². The van der Waals surface area contributed by atoms with E-state index in [-0.39, 0.29) is 5.91 Å². The summed E-state index contributed by atoms with van der Waals surface area (Å²) in [5.74, 6) is -0.108. The molecule has 0 radical (unpaired) electrons. The molecule has 0 saturated carbocycles. The second-order valence-corrected chi connectivity index (χ2v) is 5.76. The lowest BCUT2D eigenvalue weighted by atomic mass is 10.1. The van der Waals surface area contributed by atoms with E-state index in [4.69, 9.17) is 16.9 Å². The van der Waals surface area contributed by atoms with Crippen LogP contribution in [0.1, 0.15) is 34.3 Å². The average molecular weight is 311 g/mol. The minimum atomic E-state index is -0.108. The Labute approximate surface area is 134 Å². The van der Waals surface area contributed by atoms with Crippen LogP contribution < -0.4 is 4.90 Å². The quantitative estimate of drug-likeness (QED) is 0.792. The van der Waals surface area contributed by atoms with Gasteiger partial charge in [-0.1, -0.05) is 29.8 Å². The summed E-state index contributed by atoms with van der Waals surface area (Å²) in [4.78, 5) is 14.7. The number of benzene rings is 2. The van der Waals surface area contributed by atoms with E-state index in [0.717, 1.165) is 24.9 Å².